The minimum Gasteiger partial charge on any atom is -0.350 e. The Labute approximate surface area is 162 Å². The van der Waals surface area contributed by atoms with Gasteiger partial charge in [-0.15, -0.1) is 17.5 Å². The Hall–Kier alpha value is -1.34. The van der Waals surface area contributed by atoms with Crippen LogP contribution in [0.5, 0.6) is 0 Å². The van der Waals surface area contributed by atoms with Gasteiger partial charge in [-0.25, -0.2) is 4.68 Å². The maximum atomic E-state index is 12.2. The summed E-state index contributed by atoms with van der Waals surface area (Å²) in [7, 11) is 0. The molecule has 6 nitrogen and oxygen atoms in total. The highest BCUT2D eigenvalue weighted by Gasteiger charge is 2.18. The molecule has 2 heterocycles. The summed E-state index contributed by atoms with van der Waals surface area (Å²) in [6.45, 7) is 2.40. The molecule has 136 valence electrons. The third-order valence-corrected chi connectivity index (χ3v) is 4.71. The molecule has 2 N–H and O–H groups in total. The van der Waals surface area contributed by atoms with E-state index in [0.29, 0.717) is 34.7 Å². The molecular formula is C16H20Cl3N5O. The number of nitrogens with one attached hydrogen (secondary N) is 2. The first-order valence-corrected chi connectivity index (χ1v) is 8.74. The second-order valence-corrected chi connectivity index (χ2v) is 6.65. The molecule has 1 fully saturated rings. The molecule has 1 aliphatic heterocycles. The summed E-state index contributed by atoms with van der Waals surface area (Å²) >= 11 is 12.0. The fourth-order valence-corrected chi connectivity index (χ4v) is 3.26. The molecule has 0 atom stereocenters. The molecule has 1 aromatic heterocycles. The zero-order chi connectivity index (χ0) is 16.9. The molecule has 1 amide bonds. The van der Waals surface area contributed by atoms with Crippen LogP contribution in [-0.2, 0) is 6.42 Å². The summed E-state index contributed by atoms with van der Waals surface area (Å²) in [5.74, 6) is -0.222. The molecule has 0 spiro atoms. The molecule has 9 heteroatoms. The normalized spacial score (nSPS) is 14.8. The van der Waals surface area contributed by atoms with E-state index in [-0.39, 0.29) is 18.3 Å². The smallest absolute Gasteiger partial charge is 0.273 e. The highest BCUT2D eigenvalue weighted by molar-refractivity contribution is 6.35. The van der Waals surface area contributed by atoms with Crippen molar-refractivity contribution in [1.29, 1.82) is 0 Å². The van der Waals surface area contributed by atoms with Crippen LogP contribution in [0, 0.1) is 0 Å². The summed E-state index contributed by atoms with van der Waals surface area (Å²) in [4.78, 5) is 12.2. The Kier molecular flexibility index (Phi) is 7.50. The Bertz CT molecular complexity index is 716. The number of hydrogen-bond acceptors (Lipinski definition) is 4. The number of carbonyl (C=O) groups is 1. The largest absolute Gasteiger partial charge is 0.350 e. The summed E-state index contributed by atoms with van der Waals surface area (Å²) in [5, 5.41) is 15.4. The van der Waals surface area contributed by atoms with E-state index in [1.807, 2.05) is 6.07 Å². The van der Waals surface area contributed by atoms with Gasteiger partial charge in [-0.3, -0.25) is 4.79 Å². The molecule has 1 saturated heterocycles. The fourth-order valence-electron chi connectivity index (χ4n) is 2.76. The molecular weight excluding hydrogens is 385 g/mol. The predicted octanol–water partition coefficient (Wildman–Crippen LogP) is 2.90. The molecule has 0 unspecified atom stereocenters. The van der Waals surface area contributed by atoms with Gasteiger partial charge in [0.15, 0.2) is 5.69 Å². The second kappa shape index (κ2) is 9.38. The lowest BCUT2D eigenvalue weighted by Crippen LogP contribution is -2.29. The number of amides is 1. The van der Waals surface area contributed by atoms with Gasteiger partial charge in [0.25, 0.3) is 5.91 Å². The highest BCUT2D eigenvalue weighted by Crippen LogP contribution is 2.21. The highest BCUT2D eigenvalue weighted by atomic mass is 35.5. The van der Waals surface area contributed by atoms with Gasteiger partial charge in [-0.2, -0.15) is 0 Å². The first-order chi connectivity index (χ1) is 11.6. The number of rotatable bonds is 5. The first kappa shape index (κ1) is 20.0. The van der Waals surface area contributed by atoms with E-state index in [0.717, 1.165) is 31.5 Å². The quantitative estimate of drug-likeness (QED) is 0.804. The first-order valence-electron chi connectivity index (χ1n) is 7.98. The monoisotopic (exact) mass is 403 g/mol. The van der Waals surface area contributed by atoms with Crippen LogP contribution in [-0.4, -0.2) is 40.5 Å². The van der Waals surface area contributed by atoms with E-state index < -0.39 is 0 Å². The zero-order valence-electron chi connectivity index (χ0n) is 13.5. The fraction of sp³-hybridized carbons (Fsp3) is 0.438. The summed E-state index contributed by atoms with van der Waals surface area (Å²) in [6, 6.07) is 5.66. The number of carbonyl (C=O) groups excluding carboxylic acids is 1. The van der Waals surface area contributed by atoms with E-state index in [2.05, 4.69) is 20.9 Å². The van der Waals surface area contributed by atoms with Crippen molar-refractivity contribution >= 4 is 41.5 Å². The summed E-state index contributed by atoms with van der Waals surface area (Å²) in [5.41, 5.74) is 1.29. The Morgan fingerprint density at radius 3 is 2.80 bits per heavy atom. The molecule has 25 heavy (non-hydrogen) atoms. The van der Waals surface area contributed by atoms with Crippen LogP contribution in [0.25, 0.3) is 0 Å². The molecule has 0 radical (unpaired) electrons. The van der Waals surface area contributed by atoms with Gasteiger partial charge in [0, 0.05) is 16.6 Å². The zero-order valence-corrected chi connectivity index (χ0v) is 15.9. The molecule has 2 aromatic rings. The van der Waals surface area contributed by atoms with Gasteiger partial charge in [-0.05, 0) is 50.0 Å². The Morgan fingerprint density at radius 1 is 1.32 bits per heavy atom. The van der Waals surface area contributed by atoms with Gasteiger partial charge in [-0.1, -0.05) is 34.5 Å². The molecule has 0 bridgehead atoms. The molecule has 0 saturated carbocycles. The average molecular weight is 405 g/mol. The van der Waals surface area contributed by atoms with Crippen LogP contribution >= 0.6 is 35.6 Å². The number of benzene rings is 1. The second-order valence-electron chi connectivity index (χ2n) is 5.81. The molecule has 0 aliphatic carbocycles. The molecule has 1 aliphatic rings. The summed E-state index contributed by atoms with van der Waals surface area (Å²) < 4.78 is 1.80. The van der Waals surface area contributed by atoms with Crippen molar-refractivity contribution in [3.05, 3.63) is 45.7 Å². The third kappa shape index (κ3) is 5.31. The van der Waals surface area contributed by atoms with E-state index in [4.69, 9.17) is 23.2 Å². The van der Waals surface area contributed by atoms with Crippen LogP contribution in [0.15, 0.2) is 24.4 Å². The van der Waals surface area contributed by atoms with Crippen molar-refractivity contribution in [3.63, 3.8) is 0 Å². The van der Waals surface area contributed by atoms with Crippen molar-refractivity contribution in [2.24, 2.45) is 0 Å². The topological polar surface area (TPSA) is 71.8 Å². The number of aromatic nitrogens is 3. The predicted molar refractivity (Wildman–Crippen MR) is 101 cm³/mol. The average Bonchev–Trinajstić information content (AvgIpc) is 3.08. The maximum Gasteiger partial charge on any atom is 0.273 e. The van der Waals surface area contributed by atoms with Crippen LogP contribution in [0.4, 0.5) is 0 Å². The lowest BCUT2D eigenvalue weighted by molar-refractivity contribution is 0.0949. The van der Waals surface area contributed by atoms with Crippen LogP contribution in [0.2, 0.25) is 10.0 Å². The number of nitrogens with zero attached hydrogens (tertiary/aromatic N) is 3. The minimum absolute atomic E-state index is 0. The molecule has 1 aromatic carbocycles. The van der Waals surface area contributed by atoms with E-state index in [1.165, 1.54) is 0 Å². The van der Waals surface area contributed by atoms with Crippen molar-refractivity contribution in [2.75, 3.05) is 19.6 Å². The van der Waals surface area contributed by atoms with E-state index in [9.17, 15) is 4.79 Å². The van der Waals surface area contributed by atoms with E-state index in [1.54, 1.807) is 23.0 Å². The van der Waals surface area contributed by atoms with Crippen LogP contribution in [0.1, 0.15) is 34.9 Å². The van der Waals surface area contributed by atoms with Crippen molar-refractivity contribution < 1.29 is 4.79 Å². The lowest BCUT2D eigenvalue weighted by atomic mass is 10.1. The number of halogens is 3. The number of hydrogen-bond donors (Lipinski definition) is 2. The Morgan fingerprint density at radius 2 is 2.08 bits per heavy atom. The van der Waals surface area contributed by atoms with Gasteiger partial charge in [0.05, 0.1) is 12.2 Å². The van der Waals surface area contributed by atoms with E-state index >= 15 is 0 Å². The van der Waals surface area contributed by atoms with Crippen molar-refractivity contribution in [2.45, 2.75) is 25.3 Å². The van der Waals surface area contributed by atoms with Gasteiger partial charge < -0.3 is 10.6 Å². The Balaban J connectivity index is 0.00000225. The minimum atomic E-state index is -0.222. The van der Waals surface area contributed by atoms with Crippen LogP contribution in [0.3, 0.4) is 0 Å². The van der Waals surface area contributed by atoms with Gasteiger partial charge >= 0.3 is 0 Å². The standard InChI is InChI=1S/C16H19Cl2N5O.ClH/c17-12-2-1-11(14(18)9-12)3-8-20-16(24)15-10-23(22-21-15)13-4-6-19-7-5-13;/h1-2,9-10,13,19H,3-8H2,(H,20,24);1H. The number of piperidine rings is 1. The third-order valence-electron chi connectivity index (χ3n) is 4.12. The van der Waals surface area contributed by atoms with Crippen molar-refractivity contribution in [3.8, 4) is 0 Å². The molecule has 3 rings (SSSR count). The maximum absolute atomic E-state index is 12.2. The van der Waals surface area contributed by atoms with Crippen molar-refractivity contribution in [1.82, 2.24) is 25.6 Å². The SMILES string of the molecule is Cl.O=C(NCCc1ccc(Cl)cc1Cl)c1cn(C2CCNCC2)nn1. The van der Waals surface area contributed by atoms with Gasteiger partial charge in [0.2, 0.25) is 0 Å². The summed E-state index contributed by atoms with van der Waals surface area (Å²) in [6.07, 6.45) is 4.35. The van der Waals surface area contributed by atoms with Gasteiger partial charge in [0.1, 0.15) is 0 Å². The van der Waals surface area contributed by atoms with Crippen LogP contribution < -0.4 is 10.6 Å². The lowest BCUT2D eigenvalue weighted by Gasteiger charge is -2.22.